The van der Waals surface area contributed by atoms with Crippen molar-refractivity contribution in [1.82, 2.24) is 0 Å². The van der Waals surface area contributed by atoms with E-state index in [2.05, 4.69) is 100 Å². The van der Waals surface area contributed by atoms with Gasteiger partial charge in [-0.15, -0.1) is 0 Å². The first-order chi connectivity index (χ1) is 15.6. The lowest BCUT2D eigenvalue weighted by atomic mass is 9.84. The Balaban J connectivity index is 1.43. The van der Waals surface area contributed by atoms with Crippen LogP contribution in [0, 0.1) is 27.7 Å². The molecule has 0 aromatic heterocycles. The Labute approximate surface area is 192 Å². The van der Waals surface area contributed by atoms with Gasteiger partial charge in [0.05, 0.1) is 0 Å². The first-order valence-corrected chi connectivity index (χ1v) is 11.9. The van der Waals surface area contributed by atoms with Crippen LogP contribution in [0.4, 0.5) is 0 Å². The van der Waals surface area contributed by atoms with Gasteiger partial charge in [0.15, 0.2) is 0 Å². The van der Waals surface area contributed by atoms with Crippen molar-refractivity contribution in [3.8, 4) is 22.3 Å². The van der Waals surface area contributed by atoms with E-state index < -0.39 is 0 Å². The van der Waals surface area contributed by atoms with Gasteiger partial charge in [0.1, 0.15) is 0 Å². The second kappa shape index (κ2) is 7.20. The smallest absolute Gasteiger partial charge is 0.0102 e. The molecule has 2 aliphatic carbocycles. The second-order valence-corrected chi connectivity index (χ2v) is 9.84. The van der Waals surface area contributed by atoms with Crippen molar-refractivity contribution < 1.29 is 0 Å². The Morgan fingerprint density at radius 3 is 0.906 bits per heavy atom. The fourth-order valence-corrected chi connectivity index (χ4v) is 6.58. The molecule has 0 bridgehead atoms. The second-order valence-electron chi connectivity index (χ2n) is 9.84. The molecule has 0 saturated heterocycles. The van der Waals surface area contributed by atoms with Crippen LogP contribution in [0.15, 0.2) is 72.8 Å². The van der Waals surface area contributed by atoms with Crippen LogP contribution in [0.1, 0.15) is 69.2 Å². The van der Waals surface area contributed by atoms with E-state index in [1.54, 1.807) is 0 Å². The molecule has 0 aliphatic heterocycles. The van der Waals surface area contributed by atoms with Crippen molar-refractivity contribution in [3.63, 3.8) is 0 Å². The van der Waals surface area contributed by atoms with Crippen molar-refractivity contribution in [1.29, 1.82) is 0 Å². The zero-order valence-electron chi connectivity index (χ0n) is 19.5. The molecule has 158 valence electrons. The summed E-state index contributed by atoms with van der Waals surface area (Å²) in [5, 5.41) is 0. The fraction of sp³-hybridized carbons (Fsp3) is 0.250. The molecule has 0 fully saturated rings. The molecule has 0 atom stereocenters. The highest BCUT2D eigenvalue weighted by Gasteiger charge is 2.34. The summed E-state index contributed by atoms with van der Waals surface area (Å²) in [6, 6.07) is 27.6. The van der Waals surface area contributed by atoms with Gasteiger partial charge in [-0.1, -0.05) is 72.8 Å². The van der Waals surface area contributed by atoms with Crippen LogP contribution >= 0.6 is 0 Å². The summed E-state index contributed by atoms with van der Waals surface area (Å²) in [6.45, 7) is 9.08. The van der Waals surface area contributed by atoms with Crippen molar-refractivity contribution in [2.45, 2.75) is 52.4 Å². The largest absolute Gasteiger partial charge is 0.0617 e. The first-order valence-electron chi connectivity index (χ1n) is 11.9. The van der Waals surface area contributed by atoms with E-state index in [-0.39, 0.29) is 0 Å². The van der Waals surface area contributed by atoms with Crippen LogP contribution in [-0.2, 0) is 0 Å². The van der Waals surface area contributed by atoms with Gasteiger partial charge in [0.2, 0.25) is 0 Å². The molecule has 0 unspecified atom stereocenters. The third-order valence-corrected chi connectivity index (χ3v) is 7.97. The van der Waals surface area contributed by atoms with Crippen molar-refractivity contribution in [2.75, 3.05) is 0 Å². The maximum absolute atomic E-state index is 2.37. The lowest BCUT2D eigenvalue weighted by molar-refractivity contribution is 0.625. The predicted molar refractivity (Wildman–Crippen MR) is 136 cm³/mol. The number of fused-ring (bicyclic) bond motifs is 6. The van der Waals surface area contributed by atoms with E-state index in [0.29, 0.717) is 11.8 Å². The number of hydrogen-bond acceptors (Lipinski definition) is 0. The number of rotatable bonds is 3. The predicted octanol–water partition coefficient (Wildman–Crippen LogP) is 8.63. The summed E-state index contributed by atoms with van der Waals surface area (Å²) in [5.74, 6) is 0.976. The van der Waals surface area contributed by atoms with E-state index in [1.807, 2.05) is 0 Å². The van der Waals surface area contributed by atoms with Gasteiger partial charge in [0, 0.05) is 11.8 Å². The van der Waals surface area contributed by atoms with E-state index in [9.17, 15) is 0 Å². The Kier molecular flexibility index (Phi) is 4.40. The Morgan fingerprint density at radius 1 is 0.406 bits per heavy atom. The first kappa shape index (κ1) is 19.6. The van der Waals surface area contributed by atoms with Crippen LogP contribution in [0.3, 0.4) is 0 Å². The third kappa shape index (κ3) is 2.69. The average Bonchev–Trinajstić information content (AvgIpc) is 3.28. The number of aryl methyl sites for hydroxylation is 4. The van der Waals surface area contributed by atoms with E-state index in [1.165, 1.54) is 79.6 Å². The lowest BCUT2D eigenvalue weighted by Crippen LogP contribution is -2.03. The monoisotopic (exact) mass is 414 g/mol. The average molecular weight is 415 g/mol. The van der Waals surface area contributed by atoms with Crippen molar-refractivity contribution >= 4 is 0 Å². The van der Waals surface area contributed by atoms with Gasteiger partial charge in [-0.3, -0.25) is 0 Å². The van der Waals surface area contributed by atoms with Gasteiger partial charge in [-0.25, -0.2) is 0 Å². The molecular weight excluding hydrogens is 384 g/mol. The van der Waals surface area contributed by atoms with Crippen LogP contribution in [-0.4, -0.2) is 0 Å². The molecule has 0 nitrogen and oxygen atoms in total. The summed E-state index contributed by atoms with van der Waals surface area (Å²) in [7, 11) is 0. The summed E-state index contributed by atoms with van der Waals surface area (Å²) in [6.07, 6.45) is 2.36. The molecule has 6 rings (SSSR count). The maximum Gasteiger partial charge on any atom is 0.0102 e. The Morgan fingerprint density at radius 2 is 0.656 bits per heavy atom. The molecule has 0 saturated carbocycles. The minimum atomic E-state index is 0.488. The van der Waals surface area contributed by atoms with E-state index >= 15 is 0 Å². The molecule has 4 aromatic carbocycles. The summed E-state index contributed by atoms with van der Waals surface area (Å²) < 4.78 is 0. The molecule has 0 N–H and O–H groups in total. The van der Waals surface area contributed by atoms with Gasteiger partial charge in [-0.2, -0.15) is 0 Å². The Hall–Kier alpha value is -3.12. The van der Waals surface area contributed by atoms with Gasteiger partial charge in [-0.05, 0) is 107 Å². The van der Waals surface area contributed by atoms with Crippen molar-refractivity contribution in [3.05, 3.63) is 117 Å². The van der Waals surface area contributed by atoms with Crippen LogP contribution in [0.2, 0.25) is 0 Å². The molecule has 0 heterocycles. The maximum atomic E-state index is 2.37. The molecule has 0 amide bonds. The zero-order valence-corrected chi connectivity index (χ0v) is 19.5. The van der Waals surface area contributed by atoms with E-state index in [4.69, 9.17) is 0 Å². The van der Waals surface area contributed by atoms with Gasteiger partial charge < -0.3 is 0 Å². The standard InChI is InChI=1S/C32H30/c1-19-9-5-13-25-23(26-14-6-10-20(2)30(26)29(19)25)17-18-24-27-15-7-11-21(3)31(27)32-22(4)12-8-16-28(24)32/h5-16,23-24H,17-18H2,1-4H3. The van der Waals surface area contributed by atoms with Crippen LogP contribution in [0.25, 0.3) is 22.3 Å². The van der Waals surface area contributed by atoms with Crippen molar-refractivity contribution in [2.24, 2.45) is 0 Å². The molecule has 2 aliphatic rings. The fourth-order valence-electron chi connectivity index (χ4n) is 6.58. The van der Waals surface area contributed by atoms with Gasteiger partial charge in [0.25, 0.3) is 0 Å². The minimum absolute atomic E-state index is 0.488. The molecule has 4 aromatic rings. The van der Waals surface area contributed by atoms with Crippen LogP contribution in [0.5, 0.6) is 0 Å². The summed E-state index contributed by atoms with van der Waals surface area (Å²) >= 11 is 0. The number of hydrogen-bond donors (Lipinski definition) is 0. The zero-order chi connectivity index (χ0) is 22.0. The normalized spacial score (nSPS) is 14.2. The molecular formula is C32H30. The molecule has 0 spiro atoms. The molecule has 0 radical (unpaired) electrons. The quantitative estimate of drug-likeness (QED) is 0.315. The SMILES string of the molecule is Cc1cccc2c1-c1c(C)cccc1C2CCC1c2cccc(C)c2-c2c(C)cccc21. The number of benzene rings is 4. The summed E-state index contributed by atoms with van der Waals surface area (Å²) in [4.78, 5) is 0. The highest BCUT2D eigenvalue weighted by molar-refractivity contribution is 5.85. The lowest BCUT2D eigenvalue weighted by Gasteiger charge is -2.19. The third-order valence-electron chi connectivity index (χ3n) is 7.97. The van der Waals surface area contributed by atoms with Crippen LogP contribution < -0.4 is 0 Å². The Bertz CT molecular complexity index is 1160. The summed E-state index contributed by atoms with van der Waals surface area (Å²) in [5.41, 5.74) is 17.7. The topological polar surface area (TPSA) is 0 Å². The van der Waals surface area contributed by atoms with Gasteiger partial charge >= 0.3 is 0 Å². The highest BCUT2D eigenvalue weighted by Crippen LogP contribution is 2.53. The molecule has 32 heavy (non-hydrogen) atoms. The highest BCUT2D eigenvalue weighted by atomic mass is 14.4. The van der Waals surface area contributed by atoms with E-state index in [0.717, 1.165) is 0 Å². The minimum Gasteiger partial charge on any atom is -0.0617 e. The molecule has 0 heteroatoms.